The van der Waals surface area contributed by atoms with Gasteiger partial charge in [-0.3, -0.25) is 9.59 Å². The summed E-state index contributed by atoms with van der Waals surface area (Å²) in [7, 11) is 0. The Morgan fingerprint density at radius 3 is 2.50 bits per heavy atom. The van der Waals surface area contributed by atoms with Crippen molar-refractivity contribution in [3.8, 4) is 5.75 Å². The van der Waals surface area contributed by atoms with E-state index in [-0.39, 0.29) is 25.0 Å². The molecule has 0 aliphatic heterocycles. The summed E-state index contributed by atoms with van der Waals surface area (Å²) in [5, 5.41) is 3.91. The van der Waals surface area contributed by atoms with Crippen LogP contribution < -0.4 is 10.1 Å². The summed E-state index contributed by atoms with van der Waals surface area (Å²) >= 11 is 12.4. The minimum Gasteiger partial charge on any atom is -0.483 e. The number of nitrogens with one attached hydrogen (secondary N) is 1. The molecule has 0 spiro atoms. The maximum atomic E-state index is 13.3. The highest BCUT2D eigenvalue weighted by Crippen LogP contribution is 2.24. The van der Waals surface area contributed by atoms with Crippen LogP contribution >= 0.6 is 23.2 Å². The zero-order chi connectivity index (χ0) is 23.7. The van der Waals surface area contributed by atoms with Gasteiger partial charge in [0, 0.05) is 23.1 Å². The molecule has 0 radical (unpaired) electrons. The van der Waals surface area contributed by atoms with E-state index in [2.05, 4.69) is 12.2 Å². The lowest BCUT2D eigenvalue weighted by Gasteiger charge is -2.31. The molecule has 0 saturated carbocycles. The smallest absolute Gasteiger partial charge is 0.261 e. The fourth-order valence-corrected chi connectivity index (χ4v) is 3.81. The molecule has 1 atom stereocenters. The fraction of sp³-hybridized carbons (Fsp3) is 0.440. The Morgan fingerprint density at radius 1 is 1.09 bits per heavy atom. The maximum Gasteiger partial charge on any atom is 0.261 e. The number of hydrogen-bond acceptors (Lipinski definition) is 3. The van der Waals surface area contributed by atoms with Crippen LogP contribution in [-0.4, -0.2) is 35.9 Å². The first-order chi connectivity index (χ1) is 15.3. The summed E-state index contributed by atoms with van der Waals surface area (Å²) in [6.07, 6.45) is 2.33. The number of amides is 2. The van der Waals surface area contributed by atoms with Gasteiger partial charge in [0.2, 0.25) is 5.91 Å². The van der Waals surface area contributed by atoms with E-state index in [9.17, 15) is 9.59 Å². The number of benzene rings is 2. The largest absolute Gasteiger partial charge is 0.483 e. The monoisotopic (exact) mass is 478 g/mol. The lowest BCUT2D eigenvalue weighted by atomic mass is 10.1. The second kappa shape index (κ2) is 12.7. The predicted octanol–water partition coefficient (Wildman–Crippen LogP) is 5.71. The molecule has 0 heterocycles. The average molecular weight is 479 g/mol. The molecule has 174 valence electrons. The molecule has 0 saturated heterocycles. The van der Waals surface area contributed by atoms with Crippen molar-refractivity contribution in [1.82, 2.24) is 10.2 Å². The van der Waals surface area contributed by atoms with Crippen LogP contribution in [0, 0.1) is 13.8 Å². The first kappa shape index (κ1) is 26.0. The van der Waals surface area contributed by atoms with Crippen molar-refractivity contribution in [3.63, 3.8) is 0 Å². The Kier molecular flexibility index (Phi) is 10.3. The molecule has 1 N–H and O–H groups in total. The first-order valence-corrected chi connectivity index (χ1v) is 11.7. The number of halogens is 2. The van der Waals surface area contributed by atoms with Crippen LogP contribution in [-0.2, 0) is 16.1 Å². The van der Waals surface area contributed by atoms with Crippen molar-refractivity contribution >= 4 is 35.0 Å². The van der Waals surface area contributed by atoms with Crippen molar-refractivity contribution in [1.29, 1.82) is 0 Å². The summed E-state index contributed by atoms with van der Waals surface area (Å²) in [6.45, 7) is 8.44. The van der Waals surface area contributed by atoms with Crippen LogP contribution in [0.5, 0.6) is 5.75 Å². The van der Waals surface area contributed by atoms with Crippen LogP contribution in [0.1, 0.15) is 49.8 Å². The molecule has 5 nitrogen and oxygen atoms in total. The summed E-state index contributed by atoms with van der Waals surface area (Å²) in [5.41, 5.74) is 2.71. The van der Waals surface area contributed by atoms with Crippen LogP contribution in [0.4, 0.5) is 0 Å². The van der Waals surface area contributed by atoms with Gasteiger partial charge in [0.15, 0.2) is 6.61 Å². The molecule has 2 aromatic rings. The normalized spacial score (nSPS) is 11.7. The van der Waals surface area contributed by atoms with E-state index >= 15 is 0 Å². The van der Waals surface area contributed by atoms with Gasteiger partial charge in [0.05, 0.1) is 0 Å². The molecule has 0 aliphatic rings. The number of unbranched alkanes of at least 4 members (excludes halogenated alkanes) is 1. The van der Waals surface area contributed by atoms with E-state index in [1.165, 1.54) is 0 Å². The third kappa shape index (κ3) is 7.42. The third-order valence-corrected chi connectivity index (χ3v) is 5.85. The average Bonchev–Trinajstić information content (AvgIpc) is 2.75. The molecular formula is C25H32Cl2N2O3. The molecule has 32 heavy (non-hydrogen) atoms. The Bertz CT molecular complexity index is 933. The molecule has 0 fully saturated rings. The van der Waals surface area contributed by atoms with E-state index in [1.807, 2.05) is 39.0 Å². The van der Waals surface area contributed by atoms with Crippen molar-refractivity contribution in [2.45, 2.75) is 59.5 Å². The zero-order valence-corrected chi connectivity index (χ0v) is 20.7. The van der Waals surface area contributed by atoms with E-state index < -0.39 is 6.04 Å². The number of rotatable bonds is 11. The van der Waals surface area contributed by atoms with Crippen LogP contribution in [0.3, 0.4) is 0 Å². The van der Waals surface area contributed by atoms with Gasteiger partial charge in [-0.25, -0.2) is 0 Å². The minimum atomic E-state index is -0.631. The zero-order valence-electron chi connectivity index (χ0n) is 19.2. The predicted molar refractivity (Wildman–Crippen MR) is 130 cm³/mol. The Balaban J connectivity index is 2.25. The van der Waals surface area contributed by atoms with Crippen molar-refractivity contribution in [2.75, 3.05) is 13.2 Å². The fourth-order valence-electron chi connectivity index (χ4n) is 3.34. The Hall–Kier alpha value is -2.24. The van der Waals surface area contributed by atoms with Crippen molar-refractivity contribution in [2.24, 2.45) is 0 Å². The van der Waals surface area contributed by atoms with Crippen molar-refractivity contribution in [3.05, 3.63) is 63.1 Å². The molecule has 2 aromatic carbocycles. The number of nitrogens with zero attached hydrogens (tertiary/aromatic N) is 1. The number of hydrogen-bond donors (Lipinski definition) is 1. The maximum absolute atomic E-state index is 13.3. The molecule has 2 amide bonds. The summed E-state index contributed by atoms with van der Waals surface area (Å²) < 4.78 is 5.84. The topological polar surface area (TPSA) is 58.6 Å². The van der Waals surface area contributed by atoms with Gasteiger partial charge in [0.25, 0.3) is 5.91 Å². The molecule has 0 unspecified atom stereocenters. The molecule has 0 bridgehead atoms. The lowest BCUT2D eigenvalue weighted by Crippen LogP contribution is -2.50. The summed E-state index contributed by atoms with van der Waals surface area (Å²) in [6, 6.07) is 10.4. The van der Waals surface area contributed by atoms with Gasteiger partial charge in [-0.05, 0) is 61.6 Å². The van der Waals surface area contributed by atoms with Gasteiger partial charge < -0.3 is 15.0 Å². The highest BCUT2D eigenvalue weighted by Gasteiger charge is 2.29. The number of carbonyl (C=O) groups is 2. The van der Waals surface area contributed by atoms with E-state index in [0.29, 0.717) is 28.8 Å². The van der Waals surface area contributed by atoms with Gasteiger partial charge >= 0.3 is 0 Å². The molecule has 0 aliphatic carbocycles. The standard InChI is InChI=1S/C25H32Cl2N2O3/c1-5-7-12-28-25(31)22(6-2)29(15-19-10-11-20(26)14-21(19)27)24(30)16-32-23-13-17(3)8-9-18(23)4/h8-11,13-14,22H,5-7,12,15-16H2,1-4H3,(H,28,31)/t22-/m1/s1. The second-order valence-corrected chi connectivity index (χ2v) is 8.73. The first-order valence-electron chi connectivity index (χ1n) is 11.0. The van der Waals surface area contributed by atoms with E-state index in [4.69, 9.17) is 27.9 Å². The van der Waals surface area contributed by atoms with Crippen molar-refractivity contribution < 1.29 is 14.3 Å². The van der Waals surface area contributed by atoms with Gasteiger partial charge in [-0.2, -0.15) is 0 Å². The van der Waals surface area contributed by atoms with Crippen LogP contribution in [0.2, 0.25) is 10.0 Å². The van der Waals surface area contributed by atoms with Gasteiger partial charge in [-0.1, -0.05) is 61.7 Å². The SMILES string of the molecule is CCCCNC(=O)[C@@H](CC)N(Cc1ccc(Cl)cc1Cl)C(=O)COc1cc(C)ccc1C. The van der Waals surface area contributed by atoms with Gasteiger partial charge in [0.1, 0.15) is 11.8 Å². The van der Waals surface area contributed by atoms with Crippen LogP contribution in [0.25, 0.3) is 0 Å². The minimum absolute atomic E-state index is 0.172. The number of carbonyl (C=O) groups excluding carboxylic acids is 2. The Morgan fingerprint density at radius 2 is 1.84 bits per heavy atom. The molecule has 0 aromatic heterocycles. The lowest BCUT2D eigenvalue weighted by molar-refractivity contribution is -0.143. The number of aryl methyl sites for hydroxylation is 2. The molecule has 2 rings (SSSR count). The Labute approximate surface area is 201 Å². The molecular weight excluding hydrogens is 447 g/mol. The van der Waals surface area contributed by atoms with Crippen LogP contribution in [0.15, 0.2) is 36.4 Å². The summed E-state index contributed by atoms with van der Waals surface area (Å²) in [5.74, 6) is 0.198. The number of ether oxygens (including phenoxy) is 1. The third-order valence-electron chi connectivity index (χ3n) is 5.27. The highest BCUT2D eigenvalue weighted by atomic mass is 35.5. The van der Waals surface area contributed by atoms with E-state index in [0.717, 1.165) is 29.5 Å². The second-order valence-electron chi connectivity index (χ2n) is 7.88. The quantitative estimate of drug-likeness (QED) is 0.420. The van der Waals surface area contributed by atoms with Gasteiger partial charge in [-0.15, -0.1) is 0 Å². The summed E-state index contributed by atoms with van der Waals surface area (Å²) in [4.78, 5) is 27.7. The highest BCUT2D eigenvalue weighted by molar-refractivity contribution is 6.35. The van der Waals surface area contributed by atoms with E-state index in [1.54, 1.807) is 23.1 Å². The molecule has 7 heteroatoms.